The van der Waals surface area contributed by atoms with Crippen LogP contribution in [0.5, 0.6) is 0 Å². The first-order valence-corrected chi connectivity index (χ1v) is 7.86. The van der Waals surface area contributed by atoms with Gasteiger partial charge in [0, 0.05) is 12.1 Å². The summed E-state index contributed by atoms with van der Waals surface area (Å²) in [7, 11) is -3.71. The van der Waals surface area contributed by atoms with E-state index in [-0.39, 0.29) is 11.4 Å². The zero-order valence-corrected chi connectivity index (χ0v) is 11.9. The quantitative estimate of drug-likeness (QED) is 0.572. The van der Waals surface area contributed by atoms with Gasteiger partial charge in [-0.3, -0.25) is 4.72 Å². The lowest BCUT2D eigenvalue weighted by molar-refractivity contribution is 0.448. The molecule has 0 atom stereocenters. The molecule has 0 aliphatic rings. The van der Waals surface area contributed by atoms with Crippen molar-refractivity contribution in [2.45, 2.75) is 19.8 Å². The fourth-order valence-corrected chi connectivity index (χ4v) is 2.64. The molecular formula is C12H17F3N2O2S. The van der Waals surface area contributed by atoms with E-state index >= 15 is 0 Å². The van der Waals surface area contributed by atoms with Crippen molar-refractivity contribution in [3.63, 3.8) is 0 Å². The van der Waals surface area contributed by atoms with Crippen LogP contribution in [-0.4, -0.2) is 27.3 Å². The number of sulfonamides is 1. The molecule has 0 aliphatic carbocycles. The van der Waals surface area contributed by atoms with Crippen molar-refractivity contribution >= 4 is 15.7 Å². The van der Waals surface area contributed by atoms with Crippen molar-refractivity contribution in [1.82, 2.24) is 5.32 Å². The maximum atomic E-state index is 12.9. The number of hydrogen-bond acceptors (Lipinski definition) is 3. The summed E-state index contributed by atoms with van der Waals surface area (Å²) >= 11 is 0. The Balaban J connectivity index is 2.58. The van der Waals surface area contributed by atoms with Gasteiger partial charge in [0.25, 0.3) is 0 Å². The first-order valence-electron chi connectivity index (χ1n) is 6.21. The van der Waals surface area contributed by atoms with E-state index in [9.17, 15) is 21.6 Å². The number of halogens is 3. The molecular weight excluding hydrogens is 293 g/mol. The largest absolute Gasteiger partial charge is 0.317 e. The van der Waals surface area contributed by atoms with Crippen molar-refractivity contribution in [2.75, 3.05) is 23.6 Å². The third-order valence-corrected chi connectivity index (χ3v) is 3.82. The third kappa shape index (κ3) is 5.38. The predicted molar refractivity (Wildman–Crippen MR) is 71.5 cm³/mol. The highest BCUT2D eigenvalue weighted by atomic mass is 32.2. The van der Waals surface area contributed by atoms with Gasteiger partial charge >= 0.3 is 0 Å². The lowest BCUT2D eigenvalue weighted by Crippen LogP contribution is -2.22. The summed E-state index contributed by atoms with van der Waals surface area (Å²) in [5, 5.41) is 3.04. The molecule has 0 amide bonds. The van der Waals surface area contributed by atoms with Crippen LogP contribution in [0.25, 0.3) is 0 Å². The number of rotatable bonds is 8. The molecule has 0 unspecified atom stereocenters. The molecule has 114 valence electrons. The summed E-state index contributed by atoms with van der Waals surface area (Å²) < 4.78 is 64.0. The van der Waals surface area contributed by atoms with E-state index in [2.05, 4.69) is 5.32 Å². The van der Waals surface area contributed by atoms with Crippen LogP contribution in [0, 0.1) is 17.5 Å². The molecule has 0 saturated heterocycles. The molecule has 0 fully saturated rings. The molecule has 1 aromatic carbocycles. The standard InChI is InChI=1S/C12H17F3N2O2S/c1-2-4-16-5-3-6-20(18,19)17-9-7-10(13)12(15)11(14)8-9/h7-8,16-17H,2-6H2,1H3. The van der Waals surface area contributed by atoms with Gasteiger partial charge in [0.05, 0.1) is 11.4 Å². The summed E-state index contributed by atoms with van der Waals surface area (Å²) in [4.78, 5) is 0. The molecule has 8 heteroatoms. The van der Waals surface area contributed by atoms with Gasteiger partial charge in [-0.15, -0.1) is 0 Å². The van der Waals surface area contributed by atoms with Crippen molar-refractivity contribution in [1.29, 1.82) is 0 Å². The summed E-state index contributed by atoms with van der Waals surface area (Å²) in [5.74, 6) is -4.69. The van der Waals surface area contributed by atoms with Crippen LogP contribution in [0.4, 0.5) is 18.9 Å². The van der Waals surface area contributed by atoms with Crippen LogP contribution in [-0.2, 0) is 10.0 Å². The molecule has 1 aromatic rings. The van der Waals surface area contributed by atoms with Crippen LogP contribution in [0.15, 0.2) is 12.1 Å². The van der Waals surface area contributed by atoms with Crippen molar-refractivity contribution in [3.05, 3.63) is 29.6 Å². The van der Waals surface area contributed by atoms with Gasteiger partial charge in [-0.2, -0.15) is 0 Å². The zero-order valence-electron chi connectivity index (χ0n) is 11.0. The van der Waals surface area contributed by atoms with Gasteiger partial charge in [-0.1, -0.05) is 6.92 Å². The summed E-state index contributed by atoms with van der Waals surface area (Å²) in [6.07, 6.45) is 1.31. The Labute approximate surface area is 116 Å². The maximum absolute atomic E-state index is 12.9. The van der Waals surface area contributed by atoms with Crippen LogP contribution in [0.1, 0.15) is 19.8 Å². The predicted octanol–water partition coefficient (Wildman–Crippen LogP) is 2.24. The van der Waals surface area contributed by atoms with E-state index in [1.807, 2.05) is 11.6 Å². The molecule has 0 saturated carbocycles. The van der Waals surface area contributed by atoms with Crippen molar-refractivity contribution < 1.29 is 21.6 Å². The normalized spacial score (nSPS) is 11.6. The van der Waals surface area contributed by atoms with E-state index in [4.69, 9.17) is 0 Å². The Morgan fingerprint density at radius 2 is 1.70 bits per heavy atom. The third-order valence-electron chi connectivity index (χ3n) is 2.45. The summed E-state index contributed by atoms with van der Waals surface area (Å²) in [6.45, 7) is 3.31. The van der Waals surface area contributed by atoms with Crippen LogP contribution in [0.3, 0.4) is 0 Å². The van der Waals surface area contributed by atoms with E-state index in [1.165, 1.54) is 0 Å². The van der Waals surface area contributed by atoms with E-state index < -0.39 is 27.5 Å². The molecule has 20 heavy (non-hydrogen) atoms. The molecule has 0 heterocycles. The van der Waals surface area contributed by atoms with Crippen LogP contribution in [0.2, 0.25) is 0 Å². The first-order chi connectivity index (χ1) is 9.35. The molecule has 0 aromatic heterocycles. The second-order valence-electron chi connectivity index (χ2n) is 4.28. The molecule has 1 rings (SSSR count). The lowest BCUT2D eigenvalue weighted by Gasteiger charge is -2.09. The molecule has 0 aliphatic heterocycles. The minimum absolute atomic E-state index is 0.190. The Hall–Kier alpha value is -1.28. The minimum atomic E-state index is -3.71. The van der Waals surface area contributed by atoms with Crippen molar-refractivity contribution in [2.24, 2.45) is 0 Å². The topological polar surface area (TPSA) is 58.2 Å². The number of anilines is 1. The van der Waals surface area contributed by atoms with Gasteiger partial charge in [0.1, 0.15) is 0 Å². The lowest BCUT2D eigenvalue weighted by atomic mass is 10.3. The molecule has 0 radical (unpaired) electrons. The highest BCUT2D eigenvalue weighted by Crippen LogP contribution is 2.18. The highest BCUT2D eigenvalue weighted by molar-refractivity contribution is 7.92. The maximum Gasteiger partial charge on any atom is 0.232 e. The minimum Gasteiger partial charge on any atom is -0.317 e. The molecule has 0 bridgehead atoms. The second kappa shape index (κ2) is 7.49. The monoisotopic (exact) mass is 310 g/mol. The molecule has 2 N–H and O–H groups in total. The van der Waals surface area contributed by atoms with E-state index in [0.29, 0.717) is 25.1 Å². The Morgan fingerprint density at radius 1 is 1.10 bits per heavy atom. The fraction of sp³-hybridized carbons (Fsp3) is 0.500. The average Bonchev–Trinajstić information content (AvgIpc) is 2.35. The second-order valence-corrected chi connectivity index (χ2v) is 6.12. The summed E-state index contributed by atoms with van der Waals surface area (Å²) in [6, 6.07) is 1.20. The van der Waals surface area contributed by atoms with Gasteiger partial charge in [-0.05, 0) is 25.9 Å². The Kier molecular flexibility index (Phi) is 6.28. The summed E-state index contributed by atoms with van der Waals surface area (Å²) in [5.41, 5.74) is -0.331. The van der Waals surface area contributed by atoms with Gasteiger partial charge in [-0.25, -0.2) is 21.6 Å². The smallest absolute Gasteiger partial charge is 0.232 e. The Morgan fingerprint density at radius 3 is 2.25 bits per heavy atom. The van der Waals surface area contributed by atoms with Gasteiger partial charge < -0.3 is 5.32 Å². The van der Waals surface area contributed by atoms with Gasteiger partial charge in [0.15, 0.2) is 17.5 Å². The van der Waals surface area contributed by atoms with Crippen molar-refractivity contribution in [3.8, 4) is 0 Å². The van der Waals surface area contributed by atoms with E-state index in [1.54, 1.807) is 0 Å². The SMILES string of the molecule is CCCNCCCS(=O)(=O)Nc1cc(F)c(F)c(F)c1. The Bertz CT molecular complexity index is 527. The molecule has 4 nitrogen and oxygen atoms in total. The van der Waals surface area contributed by atoms with Gasteiger partial charge in [0.2, 0.25) is 10.0 Å². The number of nitrogens with one attached hydrogen (secondary N) is 2. The number of hydrogen-bond donors (Lipinski definition) is 2. The fourth-order valence-electron chi connectivity index (χ4n) is 1.53. The average molecular weight is 310 g/mol. The molecule has 0 spiro atoms. The van der Waals surface area contributed by atoms with E-state index in [0.717, 1.165) is 13.0 Å². The highest BCUT2D eigenvalue weighted by Gasteiger charge is 2.15. The zero-order chi connectivity index (χ0) is 15.2. The van der Waals surface area contributed by atoms with Crippen LogP contribution < -0.4 is 10.0 Å². The number of benzene rings is 1. The first kappa shape index (κ1) is 16.8. The van der Waals surface area contributed by atoms with Crippen LogP contribution >= 0.6 is 0 Å².